The van der Waals surface area contributed by atoms with Crippen molar-refractivity contribution in [1.29, 1.82) is 0 Å². The number of aromatic nitrogens is 4. The third-order valence-corrected chi connectivity index (χ3v) is 3.92. The lowest BCUT2D eigenvalue weighted by Crippen LogP contribution is -2.31. The van der Waals surface area contributed by atoms with Gasteiger partial charge in [0.05, 0.1) is 0 Å². The first-order valence-corrected chi connectivity index (χ1v) is 8.21. The van der Waals surface area contributed by atoms with E-state index in [0.29, 0.717) is 12.3 Å². The van der Waals surface area contributed by atoms with E-state index in [9.17, 15) is 9.59 Å². The van der Waals surface area contributed by atoms with E-state index in [-0.39, 0.29) is 24.3 Å². The topological polar surface area (TPSA) is 98.5 Å². The molecule has 8 heteroatoms. The Morgan fingerprint density at radius 2 is 2.00 bits per heavy atom. The SMILES string of the molecule is Cc1ccnc2nc(C(=O)OCC(=O)NCC(C)c3ccccc3)nn12. The van der Waals surface area contributed by atoms with Crippen LogP contribution >= 0.6 is 0 Å². The molecule has 0 saturated heterocycles. The molecule has 3 rings (SSSR count). The Balaban J connectivity index is 1.50. The molecule has 1 aromatic carbocycles. The van der Waals surface area contributed by atoms with E-state index in [1.165, 1.54) is 4.52 Å². The van der Waals surface area contributed by atoms with Gasteiger partial charge < -0.3 is 10.1 Å². The number of hydrogen-bond donors (Lipinski definition) is 1. The maximum atomic E-state index is 12.0. The van der Waals surface area contributed by atoms with Crippen LogP contribution in [0.1, 0.15) is 34.7 Å². The molecule has 0 aliphatic carbocycles. The van der Waals surface area contributed by atoms with Gasteiger partial charge >= 0.3 is 5.97 Å². The van der Waals surface area contributed by atoms with Crippen LogP contribution in [-0.4, -0.2) is 44.6 Å². The molecule has 0 spiro atoms. The molecular formula is C18H19N5O3. The number of hydrogen-bond acceptors (Lipinski definition) is 6. The second-order valence-electron chi connectivity index (χ2n) is 5.93. The Morgan fingerprint density at radius 3 is 2.73 bits per heavy atom. The Hall–Kier alpha value is -3.29. The zero-order valence-corrected chi connectivity index (χ0v) is 14.5. The first kappa shape index (κ1) is 17.5. The fourth-order valence-corrected chi connectivity index (χ4v) is 2.41. The van der Waals surface area contributed by atoms with Crippen LogP contribution in [0.25, 0.3) is 5.78 Å². The van der Waals surface area contributed by atoms with E-state index in [1.54, 1.807) is 12.3 Å². The lowest BCUT2D eigenvalue weighted by Gasteiger charge is -2.12. The molecule has 0 bridgehead atoms. The van der Waals surface area contributed by atoms with Gasteiger partial charge in [0, 0.05) is 18.4 Å². The number of benzene rings is 1. The Morgan fingerprint density at radius 1 is 1.23 bits per heavy atom. The van der Waals surface area contributed by atoms with Crippen LogP contribution < -0.4 is 5.32 Å². The second kappa shape index (κ2) is 7.73. The highest BCUT2D eigenvalue weighted by molar-refractivity contribution is 5.88. The second-order valence-corrected chi connectivity index (χ2v) is 5.93. The number of esters is 1. The van der Waals surface area contributed by atoms with Crippen molar-refractivity contribution in [2.45, 2.75) is 19.8 Å². The van der Waals surface area contributed by atoms with Crippen LogP contribution in [0.15, 0.2) is 42.6 Å². The smallest absolute Gasteiger partial charge is 0.378 e. The van der Waals surface area contributed by atoms with Gasteiger partial charge in [0.25, 0.3) is 17.5 Å². The number of carbonyl (C=O) groups excluding carboxylic acids is 2. The molecule has 134 valence electrons. The molecule has 1 N–H and O–H groups in total. The summed E-state index contributed by atoms with van der Waals surface area (Å²) >= 11 is 0. The van der Waals surface area contributed by atoms with Crippen molar-refractivity contribution in [1.82, 2.24) is 24.9 Å². The van der Waals surface area contributed by atoms with Crippen LogP contribution in [0, 0.1) is 6.92 Å². The summed E-state index contributed by atoms with van der Waals surface area (Å²) in [7, 11) is 0. The monoisotopic (exact) mass is 353 g/mol. The van der Waals surface area contributed by atoms with E-state index in [2.05, 4.69) is 20.4 Å². The van der Waals surface area contributed by atoms with Crippen molar-refractivity contribution in [3.63, 3.8) is 0 Å². The fraction of sp³-hybridized carbons (Fsp3) is 0.278. The standard InChI is InChI=1S/C18H19N5O3/c1-12(14-6-4-3-5-7-14)10-20-15(24)11-26-17(25)16-21-18-19-9-8-13(2)23(18)22-16/h3-9,12H,10-11H2,1-2H3,(H,20,24). The van der Waals surface area contributed by atoms with Gasteiger partial charge in [-0.05, 0) is 24.5 Å². The molecule has 0 aliphatic heterocycles. The highest BCUT2D eigenvalue weighted by Gasteiger charge is 2.17. The third kappa shape index (κ3) is 4.02. The van der Waals surface area contributed by atoms with Crippen molar-refractivity contribution in [3.8, 4) is 0 Å². The highest BCUT2D eigenvalue weighted by Crippen LogP contribution is 2.12. The number of nitrogens with one attached hydrogen (secondary N) is 1. The largest absolute Gasteiger partial charge is 0.450 e. The number of fused-ring (bicyclic) bond motifs is 1. The Kier molecular flexibility index (Phi) is 5.21. The summed E-state index contributed by atoms with van der Waals surface area (Å²) in [5, 5.41) is 6.79. The van der Waals surface area contributed by atoms with Gasteiger partial charge in [-0.1, -0.05) is 37.3 Å². The number of aryl methyl sites for hydroxylation is 1. The molecule has 1 amide bonds. The van der Waals surface area contributed by atoms with E-state index in [1.807, 2.05) is 44.2 Å². The molecule has 1 unspecified atom stereocenters. The van der Waals surface area contributed by atoms with Crippen molar-refractivity contribution < 1.29 is 14.3 Å². The molecule has 2 heterocycles. The summed E-state index contributed by atoms with van der Waals surface area (Å²) in [5.74, 6) is -0.805. The summed E-state index contributed by atoms with van der Waals surface area (Å²) < 4.78 is 6.42. The van der Waals surface area contributed by atoms with E-state index < -0.39 is 5.97 Å². The number of amides is 1. The molecule has 26 heavy (non-hydrogen) atoms. The van der Waals surface area contributed by atoms with Gasteiger partial charge in [-0.2, -0.15) is 4.98 Å². The minimum atomic E-state index is -0.763. The number of nitrogens with zero attached hydrogens (tertiary/aromatic N) is 4. The normalized spacial score (nSPS) is 11.9. The lowest BCUT2D eigenvalue weighted by molar-refractivity contribution is -0.124. The molecule has 2 aromatic heterocycles. The molecule has 0 saturated carbocycles. The maximum Gasteiger partial charge on any atom is 0.378 e. The fourth-order valence-electron chi connectivity index (χ4n) is 2.41. The third-order valence-electron chi connectivity index (χ3n) is 3.92. The zero-order valence-electron chi connectivity index (χ0n) is 14.5. The minimum Gasteiger partial charge on any atom is -0.450 e. The predicted octanol–water partition coefficient (Wildman–Crippen LogP) is 1.51. The average molecular weight is 353 g/mol. The zero-order chi connectivity index (χ0) is 18.5. The Bertz CT molecular complexity index is 923. The first-order valence-electron chi connectivity index (χ1n) is 8.21. The number of carbonyl (C=O) groups is 2. The van der Waals surface area contributed by atoms with Crippen molar-refractivity contribution >= 4 is 17.7 Å². The summed E-state index contributed by atoms with van der Waals surface area (Å²) in [5.41, 5.74) is 1.91. The molecule has 3 aromatic rings. The van der Waals surface area contributed by atoms with Crippen LogP contribution in [0.4, 0.5) is 0 Å². The van der Waals surface area contributed by atoms with Crippen molar-refractivity contribution in [2.75, 3.05) is 13.2 Å². The summed E-state index contributed by atoms with van der Waals surface area (Å²) in [4.78, 5) is 31.9. The van der Waals surface area contributed by atoms with Crippen molar-refractivity contribution in [2.24, 2.45) is 0 Å². The van der Waals surface area contributed by atoms with Gasteiger partial charge in [-0.25, -0.2) is 14.3 Å². The molecular weight excluding hydrogens is 334 g/mol. The maximum absolute atomic E-state index is 12.0. The molecule has 1 atom stereocenters. The number of rotatable bonds is 6. The van der Waals surface area contributed by atoms with E-state index in [0.717, 1.165) is 11.3 Å². The van der Waals surface area contributed by atoms with Crippen molar-refractivity contribution in [3.05, 3.63) is 59.7 Å². The molecule has 0 aliphatic rings. The lowest BCUT2D eigenvalue weighted by atomic mass is 10.0. The van der Waals surface area contributed by atoms with Gasteiger partial charge in [0.2, 0.25) is 0 Å². The van der Waals surface area contributed by atoms with Gasteiger partial charge in [-0.3, -0.25) is 4.79 Å². The van der Waals surface area contributed by atoms with Crippen LogP contribution in [0.3, 0.4) is 0 Å². The summed E-state index contributed by atoms with van der Waals surface area (Å²) in [6.07, 6.45) is 1.58. The van der Waals surface area contributed by atoms with Gasteiger partial charge in [-0.15, -0.1) is 5.10 Å². The quantitative estimate of drug-likeness (QED) is 0.675. The van der Waals surface area contributed by atoms with Crippen LogP contribution in [-0.2, 0) is 9.53 Å². The number of ether oxygens (including phenoxy) is 1. The predicted molar refractivity (Wildman–Crippen MR) is 93.7 cm³/mol. The first-order chi connectivity index (χ1) is 12.5. The van der Waals surface area contributed by atoms with Crippen LogP contribution in [0.2, 0.25) is 0 Å². The van der Waals surface area contributed by atoms with E-state index >= 15 is 0 Å². The van der Waals surface area contributed by atoms with Gasteiger partial charge in [0.15, 0.2) is 6.61 Å². The molecule has 8 nitrogen and oxygen atoms in total. The van der Waals surface area contributed by atoms with Gasteiger partial charge in [0.1, 0.15) is 0 Å². The average Bonchev–Trinajstić information content (AvgIpc) is 3.10. The summed E-state index contributed by atoms with van der Waals surface area (Å²) in [6.45, 7) is 3.90. The highest BCUT2D eigenvalue weighted by atomic mass is 16.5. The molecule has 0 fully saturated rings. The minimum absolute atomic E-state index is 0.128. The Labute approximate surface area is 150 Å². The van der Waals surface area contributed by atoms with E-state index in [4.69, 9.17) is 4.74 Å². The molecule has 0 radical (unpaired) electrons. The summed E-state index contributed by atoms with van der Waals surface area (Å²) in [6, 6.07) is 11.6. The van der Waals surface area contributed by atoms with Crippen LogP contribution in [0.5, 0.6) is 0 Å².